The van der Waals surface area contributed by atoms with Gasteiger partial charge in [-0.2, -0.15) is 0 Å². The maximum absolute atomic E-state index is 12.2. The lowest BCUT2D eigenvalue weighted by Crippen LogP contribution is -2.32. The minimum Gasteiger partial charge on any atom is -0.454 e. The molecule has 1 aliphatic carbocycles. The largest absolute Gasteiger partial charge is 0.454 e. The summed E-state index contributed by atoms with van der Waals surface area (Å²) < 4.78 is 4.88. The number of aryl methyl sites for hydroxylation is 1. The number of ether oxygens (including phenoxy) is 1. The molecule has 0 saturated carbocycles. The number of esters is 1. The highest BCUT2D eigenvalue weighted by Crippen LogP contribution is 2.37. The number of benzene rings is 1. The Morgan fingerprint density at radius 1 is 1.13 bits per heavy atom. The molecule has 1 aromatic heterocycles. The van der Waals surface area contributed by atoms with Crippen LogP contribution in [0.3, 0.4) is 0 Å². The van der Waals surface area contributed by atoms with Crippen LogP contribution in [0.2, 0.25) is 10.0 Å². The van der Waals surface area contributed by atoms with Gasteiger partial charge in [0.05, 0.1) is 16.1 Å². The lowest BCUT2D eigenvalue weighted by atomic mass is 9.95. The van der Waals surface area contributed by atoms with Gasteiger partial charge in [0.15, 0.2) is 6.61 Å². The van der Waals surface area contributed by atoms with E-state index in [1.54, 1.807) is 0 Å². The van der Waals surface area contributed by atoms with Gasteiger partial charge in [0, 0.05) is 9.90 Å². The van der Waals surface area contributed by atoms with Crippen molar-refractivity contribution >= 4 is 63.2 Å². The average Bonchev–Trinajstić information content (AvgIpc) is 3.08. The molecule has 0 atom stereocenters. The first kappa shape index (κ1) is 23.1. The van der Waals surface area contributed by atoms with Crippen LogP contribution in [0, 0.1) is 0 Å². The third-order valence-electron chi connectivity index (χ3n) is 4.60. The molecule has 1 aliphatic rings. The molecule has 0 unspecified atom stereocenters. The van der Waals surface area contributed by atoms with Crippen LogP contribution in [0.25, 0.3) is 0 Å². The number of carbonyl (C=O) groups is 4. The van der Waals surface area contributed by atoms with Crippen molar-refractivity contribution in [1.82, 2.24) is 5.32 Å². The second-order valence-corrected chi connectivity index (χ2v) is 8.74. The summed E-state index contributed by atoms with van der Waals surface area (Å²) in [6.07, 6.45) is 3.56. The Balaban J connectivity index is 1.51. The molecule has 4 N–H and O–H groups in total. The number of hydrogen-bond donors (Lipinski definition) is 3. The third kappa shape index (κ3) is 5.75. The van der Waals surface area contributed by atoms with Gasteiger partial charge in [-0.25, -0.2) is 0 Å². The van der Waals surface area contributed by atoms with Crippen LogP contribution in [0.1, 0.15) is 44.0 Å². The van der Waals surface area contributed by atoms with E-state index in [9.17, 15) is 19.2 Å². The number of primary amides is 1. The maximum atomic E-state index is 12.2. The van der Waals surface area contributed by atoms with Crippen LogP contribution in [0.4, 0.5) is 5.00 Å². The van der Waals surface area contributed by atoms with Gasteiger partial charge >= 0.3 is 5.97 Å². The van der Waals surface area contributed by atoms with E-state index in [4.69, 9.17) is 33.7 Å². The topological polar surface area (TPSA) is 128 Å². The van der Waals surface area contributed by atoms with Crippen LogP contribution in [0.5, 0.6) is 0 Å². The molecule has 3 rings (SSSR count). The van der Waals surface area contributed by atoms with Crippen molar-refractivity contribution in [3.05, 3.63) is 49.8 Å². The molecule has 164 valence electrons. The van der Waals surface area contributed by atoms with E-state index in [-0.39, 0.29) is 10.6 Å². The first-order valence-corrected chi connectivity index (χ1v) is 11.0. The van der Waals surface area contributed by atoms with Gasteiger partial charge in [-0.1, -0.05) is 23.2 Å². The highest BCUT2D eigenvalue weighted by molar-refractivity contribution is 7.17. The number of amides is 3. The lowest BCUT2D eigenvalue weighted by molar-refractivity contribution is -0.146. The van der Waals surface area contributed by atoms with Gasteiger partial charge in [-0.05, 0) is 49.4 Å². The predicted molar refractivity (Wildman–Crippen MR) is 118 cm³/mol. The number of hydrogen-bond acceptors (Lipinski definition) is 6. The van der Waals surface area contributed by atoms with Gasteiger partial charge in [-0.15, -0.1) is 11.3 Å². The Hall–Kier alpha value is -2.62. The lowest BCUT2D eigenvalue weighted by Gasteiger charge is -2.11. The predicted octanol–water partition coefficient (Wildman–Crippen LogP) is 2.94. The summed E-state index contributed by atoms with van der Waals surface area (Å²) in [4.78, 5) is 49.0. The zero-order chi connectivity index (χ0) is 22.5. The summed E-state index contributed by atoms with van der Waals surface area (Å²) in [5, 5.41) is 5.83. The number of halogens is 2. The van der Waals surface area contributed by atoms with Crippen molar-refractivity contribution in [1.29, 1.82) is 0 Å². The number of thiophene rings is 1. The summed E-state index contributed by atoms with van der Waals surface area (Å²) in [6, 6.07) is 4.33. The minimum absolute atomic E-state index is 0.140. The molecular weight excluding hydrogens is 465 g/mol. The summed E-state index contributed by atoms with van der Waals surface area (Å²) in [6.45, 7) is -1.03. The average molecular weight is 484 g/mol. The van der Waals surface area contributed by atoms with Gasteiger partial charge in [0.25, 0.3) is 17.7 Å². The fourth-order valence-electron chi connectivity index (χ4n) is 3.20. The SMILES string of the molecule is NC(=O)c1c(NC(=O)COC(=O)CNC(=O)c2ccc(Cl)cc2Cl)sc2c1CCCC2. The normalized spacial score (nSPS) is 12.6. The molecule has 8 nitrogen and oxygen atoms in total. The summed E-state index contributed by atoms with van der Waals surface area (Å²) >= 11 is 13.0. The second kappa shape index (κ2) is 10.1. The van der Waals surface area contributed by atoms with Crippen molar-refractivity contribution in [3.8, 4) is 0 Å². The zero-order valence-electron chi connectivity index (χ0n) is 16.3. The zero-order valence-corrected chi connectivity index (χ0v) is 18.6. The van der Waals surface area contributed by atoms with E-state index in [1.807, 2.05) is 0 Å². The van der Waals surface area contributed by atoms with Crippen LogP contribution in [-0.2, 0) is 27.2 Å². The van der Waals surface area contributed by atoms with Crippen LogP contribution in [-0.4, -0.2) is 36.8 Å². The highest BCUT2D eigenvalue weighted by atomic mass is 35.5. The number of nitrogens with two attached hydrogens (primary N) is 1. The standard InChI is InChI=1S/C20H19Cl2N3O5S/c21-10-5-6-11(13(22)7-10)19(29)24-8-16(27)30-9-15(26)25-20-17(18(23)28)12-3-1-2-4-14(12)31-20/h5-7H,1-4,8-9H2,(H2,23,28)(H,24,29)(H,25,26). The van der Waals surface area contributed by atoms with E-state index >= 15 is 0 Å². The van der Waals surface area contributed by atoms with Crippen molar-refractivity contribution in [2.24, 2.45) is 5.73 Å². The van der Waals surface area contributed by atoms with Crippen LogP contribution in [0.15, 0.2) is 18.2 Å². The number of anilines is 1. The van der Waals surface area contributed by atoms with Crippen molar-refractivity contribution in [3.63, 3.8) is 0 Å². The van der Waals surface area contributed by atoms with E-state index in [0.717, 1.165) is 36.1 Å². The van der Waals surface area contributed by atoms with E-state index in [0.29, 0.717) is 15.6 Å². The second-order valence-electron chi connectivity index (χ2n) is 6.79. The Labute approximate surface area is 192 Å². The fraction of sp³-hybridized carbons (Fsp3) is 0.300. The Morgan fingerprint density at radius 2 is 1.87 bits per heavy atom. The van der Waals surface area contributed by atoms with Gasteiger partial charge in [0.1, 0.15) is 11.5 Å². The van der Waals surface area contributed by atoms with E-state index in [2.05, 4.69) is 10.6 Å². The molecule has 0 radical (unpaired) electrons. The summed E-state index contributed by atoms with van der Waals surface area (Å²) in [5.41, 5.74) is 6.85. The first-order valence-electron chi connectivity index (χ1n) is 9.39. The molecule has 0 bridgehead atoms. The smallest absolute Gasteiger partial charge is 0.325 e. The summed E-state index contributed by atoms with van der Waals surface area (Å²) in [7, 11) is 0. The molecule has 1 heterocycles. The molecule has 0 saturated heterocycles. The van der Waals surface area contributed by atoms with Crippen molar-refractivity contribution in [2.75, 3.05) is 18.5 Å². The molecule has 11 heteroatoms. The van der Waals surface area contributed by atoms with Crippen molar-refractivity contribution in [2.45, 2.75) is 25.7 Å². The van der Waals surface area contributed by atoms with Gasteiger partial charge in [0.2, 0.25) is 0 Å². The third-order valence-corrected chi connectivity index (χ3v) is 6.36. The molecular formula is C20H19Cl2N3O5S. The Morgan fingerprint density at radius 3 is 2.58 bits per heavy atom. The first-order chi connectivity index (χ1) is 14.8. The maximum Gasteiger partial charge on any atom is 0.325 e. The Bertz CT molecular complexity index is 1050. The molecule has 3 amide bonds. The Kier molecular flexibility index (Phi) is 7.53. The molecule has 0 spiro atoms. The quantitative estimate of drug-likeness (QED) is 0.521. The number of carbonyl (C=O) groups excluding carboxylic acids is 4. The molecule has 1 aromatic carbocycles. The van der Waals surface area contributed by atoms with Crippen molar-refractivity contribution < 1.29 is 23.9 Å². The molecule has 0 aliphatic heterocycles. The van der Waals surface area contributed by atoms with E-state index < -0.39 is 36.8 Å². The van der Waals surface area contributed by atoms with Crippen LogP contribution < -0.4 is 16.4 Å². The number of rotatable bonds is 7. The minimum atomic E-state index is -0.811. The van der Waals surface area contributed by atoms with Crippen LogP contribution >= 0.6 is 34.5 Å². The molecule has 2 aromatic rings. The number of fused-ring (bicyclic) bond motifs is 1. The summed E-state index contributed by atoms with van der Waals surface area (Å²) in [5.74, 6) is -2.61. The van der Waals surface area contributed by atoms with E-state index in [1.165, 1.54) is 29.5 Å². The fourth-order valence-corrected chi connectivity index (χ4v) is 5.00. The monoisotopic (exact) mass is 483 g/mol. The van der Waals surface area contributed by atoms with Gasteiger partial charge in [-0.3, -0.25) is 19.2 Å². The highest BCUT2D eigenvalue weighted by Gasteiger charge is 2.25. The number of nitrogens with one attached hydrogen (secondary N) is 2. The molecule has 31 heavy (non-hydrogen) atoms. The van der Waals surface area contributed by atoms with Gasteiger partial charge < -0.3 is 21.1 Å². The molecule has 0 fully saturated rings.